The summed E-state index contributed by atoms with van der Waals surface area (Å²) in [5.41, 5.74) is 0.166. The Balaban J connectivity index is 1.76. The Bertz CT molecular complexity index is 1280. The van der Waals surface area contributed by atoms with Crippen LogP contribution in [0.25, 0.3) is 0 Å². The van der Waals surface area contributed by atoms with Crippen molar-refractivity contribution in [2.75, 3.05) is 17.1 Å². The third kappa shape index (κ3) is 6.99. The van der Waals surface area contributed by atoms with E-state index in [2.05, 4.69) is 5.32 Å². The molecule has 0 saturated heterocycles. The minimum Gasteiger partial charge on any atom is -0.351 e. The molecular formula is C25H24ClF3N2O3S. The minimum absolute atomic E-state index is 0.102. The number of carbonyl (C=O) groups is 1. The molecule has 186 valence electrons. The van der Waals surface area contributed by atoms with E-state index in [-0.39, 0.29) is 23.4 Å². The molecular weight excluding hydrogens is 501 g/mol. The van der Waals surface area contributed by atoms with E-state index in [1.807, 2.05) is 37.3 Å². The fraction of sp³-hybridized carbons (Fsp3) is 0.240. The Morgan fingerprint density at radius 2 is 1.66 bits per heavy atom. The maximum Gasteiger partial charge on any atom is 0.418 e. The van der Waals surface area contributed by atoms with Crippen molar-refractivity contribution in [3.63, 3.8) is 0 Å². The standard InChI is InChI=1S/C25H24ClF3N2O3S/c1-17(19-6-4-3-5-7-19)15-30-24(32)20-10-8-18(9-11-20)16-31(35(2,33)34)23-13-12-21(26)14-22(23)25(27,28)29/h3-14,17H,15-16H2,1-2H3,(H,30,32)/t17-/m0/s1. The van der Waals surface area contributed by atoms with Crippen LogP contribution in [0.5, 0.6) is 0 Å². The van der Waals surface area contributed by atoms with E-state index in [0.717, 1.165) is 17.9 Å². The van der Waals surface area contributed by atoms with Gasteiger partial charge < -0.3 is 5.32 Å². The topological polar surface area (TPSA) is 66.5 Å². The van der Waals surface area contributed by atoms with Crippen LogP contribution in [0.15, 0.2) is 72.8 Å². The van der Waals surface area contributed by atoms with Crippen LogP contribution in [-0.2, 0) is 22.7 Å². The fourth-order valence-electron chi connectivity index (χ4n) is 3.51. The quantitative estimate of drug-likeness (QED) is 0.401. The third-order valence-electron chi connectivity index (χ3n) is 5.41. The molecule has 0 saturated carbocycles. The van der Waals surface area contributed by atoms with Gasteiger partial charge in [-0.3, -0.25) is 9.10 Å². The van der Waals surface area contributed by atoms with Crippen molar-refractivity contribution in [1.82, 2.24) is 5.32 Å². The summed E-state index contributed by atoms with van der Waals surface area (Å²) >= 11 is 5.72. The van der Waals surface area contributed by atoms with Crippen LogP contribution >= 0.6 is 11.6 Å². The predicted molar refractivity (Wildman–Crippen MR) is 131 cm³/mol. The molecule has 3 aromatic rings. The average Bonchev–Trinajstić information content (AvgIpc) is 2.80. The van der Waals surface area contributed by atoms with E-state index >= 15 is 0 Å². The van der Waals surface area contributed by atoms with Crippen molar-refractivity contribution < 1.29 is 26.4 Å². The molecule has 0 fully saturated rings. The predicted octanol–water partition coefficient (Wildman–Crippen LogP) is 5.86. The molecule has 0 spiro atoms. The molecule has 0 bridgehead atoms. The number of amides is 1. The van der Waals surface area contributed by atoms with Gasteiger partial charge in [0.2, 0.25) is 10.0 Å². The summed E-state index contributed by atoms with van der Waals surface area (Å²) in [6, 6.07) is 18.7. The first-order chi connectivity index (χ1) is 16.4. The smallest absolute Gasteiger partial charge is 0.351 e. The molecule has 5 nitrogen and oxygen atoms in total. The van der Waals surface area contributed by atoms with Gasteiger partial charge in [-0.1, -0.05) is 61.0 Å². The average molecular weight is 525 g/mol. The summed E-state index contributed by atoms with van der Waals surface area (Å²) in [6.45, 7) is 2.06. The number of nitrogens with zero attached hydrogens (tertiary/aromatic N) is 1. The van der Waals surface area contributed by atoms with Gasteiger partial charge in [-0.15, -0.1) is 0 Å². The first-order valence-electron chi connectivity index (χ1n) is 10.6. The number of anilines is 1. The van der Waals surface area contributed by atoms with E-state index in [4.69, 9.17) is 11.6 Å². The number of alkyl halides is 3. The van der Waals surface area contributed by atoms with Crippen LogP contribution in [0, 0.1) is 0 Å². The van der Waals surface area contributed by atoms with Crippen molar-refractivity contribution in [2.45, 2.75) is 25.6 Å². The summed E-state index contributed by atoms with van der Waals surface area (Å²) < 4.78 is 66.2. The number of nitrogens with one attached hydrogen (secondary N) is 1. The summed E-state index contributed by atoms with van der Waals surface area (Å²) in [7, 11) is -4.07. The molecule has 3 rings (SSSR count). The first kappa shape index (κ1) is 26.6. The zero-order valence-corrected chi connectivity index (χ0v) is 20.6. The third-order valence-corrected chi connectivity index (χ3v) is 6.77. The normalized spacial score (nSPS) is 12.7. The Morgan fingerprint density at radius 3 is 2.23 bits per heavy atom. The Morgan fingerprint density at radius 1 is 1.03 bits per heavy atom. The fourth-order valence-corrected chi connectivity index (χ4v) is 4.58. The Hall–Kier alpha value is -3.04. The number of hydrogen-bond donors (Lipinski definition) is 1. The molecule has 1 atom stereocenters. The molecule has 35 heavy (non-hydrogen) atoms. The lowest BCUT2D eigenvalue weighted by molar-refractivity contribution is -0.137. The molecule has 10 heteroatoms. The molecule has 0 aliphatic carbocycles. The van der Waals surface area contributed by atoms with Crippen molar-refractivity contribution in [3.8, 4) is 0 Å². The molecule has 0 heterocycles. The summed E-state index contributed by atoms with van der Waals surface area (Å²) in [4.78, 5) is 12.5. The van der Waals surface area contributed by atoms with Crippen LogP contribution in [0.2, 0.25) is 5.02 Å². The van der Waals surface area contributed by atoms with Crippen LogP contribution in [0.1, 0.15) is 39.9 Å². The van der Waals surface area contributed by atoms with Gasteiger partial charge in [0.15, 0.2) is 0 Å². The van der Waals surface area contributed by atoms with Crippen LogP contribution in [0.3, 0.4) is 0 Å². The number of sulfonamides is 1. The van der Waals surface area contributed by atoms with Crippen molar-refractivity contribution in [2.24, 2.45) is 0 Å². The molecule has 0 aromatic heterocycles. The SMILES string of the molecule is C[C@@H](CNC(=O)c1ccc(CN(c2ccc(Cl)cc2C(F)(F)F)S(C)(=O)=O)cc1)c1ccccc1. The Labute approximate surface area is 207 Å². The highest BCUT2D eigenvalue weighted by molar-refractivity contribution is 7.92. The molecule has 0 aliphatic heterocycles. The van der Waals surface area contributed by atoms with E-state index in [1.54, 1.807) is 0 Å². The van der Waals surface area contributed by atoms with Crippen molar-refractivity contribution in [1.29, 1.82) is 0 Å². The molecule has 0 unspecified atom stereocenters. The maximum atomic E-state index is 13.6. The summed E-state index contributed by atoms with van der Waals surface area (Å²) in [5, 5.41) is 2.69. The largest absolute Gasteiger partial charge is 0.418 e. The van der Waals surface area contributed by atoms with Gasteiger partial charge in [0.25, 0.3) is 5.91 Å². The molecule has 0 radical (unpaired) electrons. The second kappa shape index (κ2) is 10.7. The van der Waals surface area contributed by atoms with Crippen LogP contribution < -0.4 is 9.62 Å². The Kier molecular flexibility index (Phi) is 8.12. The second-order valence-corrected chi connectivity index (χ2v) is 10.5. The van der Waals surface area contributed by atoms with E-state index in [9.17, 15) is 26.4 Å². The van der Waals surface area contributed by atoms with E-state index in [0.29, 0.717) is 28.0 Å². The van der Waals surface area contributed by atoms with Crippen LogP contribution in [-0.4, -0.2) is 27.1 Å². The van der Waals surface area contributed by atoms with Gasteiger partial charge in [0.1, 0.15) is 0 Å². The van der Waals surface area contributed by atoms with Gasteiger partial charge >= 0.3 is 6.18 Å². The molecule has 3 aromatic carbocycles. The highest BCUT2D eigenvalue weighted by Crippen LogP contribution is 2.39. The lowest BCUT2D eigenvalue weighted by atomic mass is 10.0. The maximum absolute atomic E-state index is 13.6. The van der Waals surface area contributed by atoms with Gasteiger partial charge in [0.05, 0.1) is 24.1 Å². The first-order valence-corrected chi connectivity index (χ1v) is 12.9. The highest BCUT2D eigenvalue weighted by atomic mass is 35.5. The molecule has 1 amide bonds. The van der Waals surface area contributed by atoms with Gasteiger partial charge in [-0.25, -0.2) is 8.42 Å². The van der Waals surface area contributed by atoms with Crippen molar-refractivity contribution in [3.05, 3.63) is 100 Å². The zero-order valence-electron chi connectivity index (χ0n) is 19.0. The van der Waals surface area contributed by atoms with Crippen molar-refractivity contribution >= 4 is 33.2 Å². The highest BCUT2D eigenvalue weighted by Gasteiger charge is 2.37. The lowest BCUT2D eigenvalue weighted by Gasteiger charge is -2.26. The second-order valence-electron chi connectivity index (χ2n) is 8.15. The van der Waals surface area contributed by atoms with E-state index < -0.39 is 27.5 Å². The van der Waals surface area contributed by atoms with Gasteiger partial charge in [-0.2, -0.15) is 13.2 Å². The number of halogens is 4. The number of hydrogen-bond acceptors (Lipinski definition) is 3. The number of carbonyl (C=O) groups excluding carboxylic acids is 1. The zero-order chi connectivity index (χ0) is 25.8. The summed E-state index contributed by atoms with van der Waals surface area (Å²) in [5.74, 6) is -0.207. The monoisotopic (exact) mass is 524 g/mol. The van der Waals surface area contributed by atoms with E-state index in [1.165, 1.54) is 30.3 Å². The minimum atomic E-state index is -4.80. The number of benzene rings is 3. The van der Waals surface area contributed by atoms with Gasteiger partial charge in [-0.05, 0) is 47.4 Å². The summed E-state index contributed by atoms with van der Waals surface area (Å²) in [6.07, 6.45) is -3.97. The lowest BCUT2D eigenvalue weighted by Crippen LogP contribution is -2.31. The van der Waals surface area contributed by atoms with Gasteiger partial charge in [0, 0.05) is 17.1 Å². The van der Waals surface area contributed by atoms with Crippen LogP contribution in [0.4, 0.5) is 18.9 Å². The molecule has 1 N–H and O–H groups in total. The molecule has 0 aliphatic rings. The number of rotatable bonds is 8.